The molecular weight excluding hydrogens is 246 g/mol. The minimum Gasteiger partial charge on any atom is -0.392 e. The molecule has 1 unspecified atom stereocenters. The van der Waals surface area contributed by atoms with E-state index in [9.17, 15) is 8.42 Å². The van der Waals surface area contributed by atoms with Crippen LogP contribution >= 0.6 is 12.2 Å². The van der Waals surface area contributed by atoms with Crippen LogP contribution in [0.1, 0.15) is 12.5 Å². The maximum Gasteiger partial charge on any atom is 0.241 e. The van der Waals surface area contributed by atoms with Crippen molar-refractivity contribution in [3.8, 4) is 0 Å². The molecule has 1 heterocycles. The van der Waals surface area contributed by atoms with Crippen LogP contribution in [0.15, 0.2) is 18.5 Å². The summed E-state index contributed by atoms with van der Waals surface area (Å²) < 4.78 is 25.9. The first kappa shape index (κ1) is 12.9. The van der Waals surface area contributed by atoms with Crippen molar-refractivity contribution in [1.82, 2.24) is 4.98 Å². The molecule has 0 amide bonds. The molecule has 0 bridgehead atoms. The lowest BCUT2D eigenvalue weighted by molar-refractivity contribution is 0.598. The molecule has 0 spiro atoms. The maximum atomic E-state index is 11.7. The number of anilines is 1. The van der Waals surface area contributed by atoms with Crippen LogP contribution in [-0.2, 0) is 10.0 Å². The zero-order valence-corrected chi connectivity index (χ0v) is 10.6. The molecule has 0 saturated carbocycles. The van der Waals surface area contributed by atoms with Gasteiger partial charge < -0.3 is 5.73 Å². The first-order valence-corrected chi connectivity index (χ1v) is 6.51. The summed E-state index contributed by atoms with van der Waals surface area (Å²) >= 11 is 4.65. The van der Waals surface area contributed by atoms with Crippen molar-refractivity contribution in [2.24, 2.45) is 5.73 Å². The van der Waals surface area contributed by atoms with E-state index < -0.39 is 15.3 Å². The lowest BCUT2D eigenvalue weighted by Gasteiger charge is -2.13. The minimum atomic E-state index is -3.59. The number of aromatic nitrogens is 1. The van der Waals surface area contributed by atoms with E-state index in [4.69, 9.17) is 5.73 Å². The second kappa shape index (κ2) is 4.75. The Kier molecular flexibility index (Phi) is 3.82. The number of hydrogen-bond acceptors (Lipinski definition) is 4. The molecule has 0 radical (unpaired) electrons. The molecule has 1 atom stereocenters. The highest BCUT2D eigenvalue weighted by molar-refractivity contribution is 7.95. The molecule has 0 aliphatic heterocycles. The van der Waals surface area contributed by atoms with Crippen molar-refractivity contribution >= 4 is 32.9 Å². The first-order valence-electron chi connectivity index (χ1n) is 4.55. The Morgan fingerprint density at radius 2 is 2.19 bits per heavy atom. The highest BCUT2D eigenvalue weighted by Crippen LogP contribution is 2.12. The van der Waals surface area contributed by atoms with E-state index in [-0.39, 0.29) is 4.99 Å². The van der Waals surface area contributed by atoms with E-state index >= 15 is 0 Å². The van der Waals surface area contributed by atoms with Crippen LogP contribution in [0.4, 0.5) is 5.69 Å². The third kappa shape index (κ3) is 3.14. The third-order valence-electron chi connectivity index (χ3n) is 2.00. The number of aryl methyl sites for hydroxylation is 1. The van der Waals surface area contributed by atoms with Crippen LogP contribution in [0.5, 0.6) is 0 Å². The van der Waals surface area contributed by atoms with Crippen LogP contribution in [0, 0.1) is 6.92 Å². The van der Waals surface area contributed by atoms with Crippen LogP contribution in [0.25, 0.3) is 0 Å². The van der Waals surface area contributed by atoms with E-state index in [0.29, 0.717) is 5.69 Å². The van der Waals surface area contributed by atoms with Crippen molar-refractivity contribution in [2.75, 3.05) is 4.72 Å². The second-order valence-electron chi connectivity index (χ2n) is 3.44. The summed E-state index contributed by atoms with van der Waals surface area (Å²) in [4.78, 5) is 3.82. The molecular formula is C9H13N3O2S2. The molecule has 0 aromatic carbocycles. The fraction of sp³-hybridized carbons (Fsp3) is 0.333. The summed E-state index contributed by atoms with van der Waals surface area (Å²) in [6, 6.07) is 1.68. The number of sulfonamides is 1. The molecule has 0 aliphatic carbocycles. The molecule has 1 aromatic heterocycles. The Morgan fingerprint density at radius 3 is 2.69 bits per heavy atom. The number of thiocarbonyl (C=S) groups is 1. The average Bonchev–Trinajstić information content (AvgIpc) is 2.15. The summed E-state index contributed by atoms with van der Waals surface area (Å²) in [7, 11) is -3.59. The summed E-state index contributed by atoms with van der Waals surface area (Å²) in [5.74, 6) is 0. The van der Waals surface area contributed by atoms with Gasteiger partial charge in [-0.05, 0) is 25.5 Å². The lowest BCUT2D eigenvalue weighted by atomic mass is 10.3. The van der Waals surface area contributed by atoms with Gasteiger partial charge in [0.2, 0.25) is 10.0 Å². The number of nitrogens with two attached hydrogens (primary N) is 1. The fourth-order valence-electron chi connectivity index (χ4n) is 1.02. The fourth-order valence-corrected chi connectivity index (χ4v) is 2.32. The molecule has 0 fully saturated rings. The normalized spacial score (nSPS) is 13.1. The molecule has 0 saturated heterocycles. The Morgan fingerprint density at radius 1 is 1.56 bits per heavy atom. The summed E-state index contributed by atoms with van der Waals surface area (Å²) in [5.41, 5.74) is 6.57. The predicted molar refractivity (Wildman–Crippen MR) is 67.8 cm³/mol. The second-order valence-corrected chi connectivity index (χ2v) is 5.92. The number of nitrogens with zero attached hydrogens (tertiary/aromatic N) is 1. The quantitative estimate of drug-likeness (QED) is 0.781. The smallest absolute Gasteiger partial charge is 0.241 e. The molecule has 16 heavy (non-hydrogen) atoms. The highest BCUT2D eigenvalue weighted by atomic mass is 32.2. The Balaban J connectivity index is 2.93. The lowest BCUT2D eigenvalue weighted by Crippen LogP contribution is -2.35. The number of pyridine rings is 1. The van der Waals surface area contributed by atoms with Gasteiger partial charge in [-0.25, -0.2) is 8.42 Å². The third-order valence-corrected chi connectivity index (χ3v) is 4.21. The van der Waals surface area contributed by atoms with Gasteiger partial charge in [0.05, 0.1) is 16.9 Å². The zero-order chi connectivity index (χ0) is 12.3. The monoisotopic (exact) mass is 259 g/mol. The summed E-state index contributed by atoms with van der Waals surface area (Å²) in [6.07, 6.45) is 3.06. The van der Waals surface area contributed by atoms with Gasteiger partial charge in [0.1, 0.15) is 5.25 Å². The van der Waals surface area contributed by atoms with Gasteiger partial charge >= 0.3 is 0 Å². The molecule has 88 valence electrons. The SMILES string of the molecule is Cc1cncc(NS(=O)(=O)C(C)C(N)=S)c1. The van der Waals surface area contributed by atoms with Gasteiger partial charge in [-0.2, -0.15) is 0 Å². The number of nitrogens with one attached hydrogen (secondary N) is 1. The predicted octanol–water partition coefficient (Wildman–Crippen LogP) is 0.806. The van der Waals surface area contributed by atoms with E-state index in [1.54, 1.807) is 12.3 Å². The molecule has 7 heteroatoms. The molecule has 0 aliphatic rings. The number of rotatable bonds is 4. The van der Waals surface area contributed by atoms with Crippen LogP contribution in [0.2, 0.25) is 0 Å². The van der Waals surface area contributed by atoms with Gasteiger partial charge in [0, 0.05) is 6.20 Å². The molecule has 1 rings (SSSR count). The topological polar surface area (TPSA) is 85.1 Å². The van der Waals surface area contributed by atoms with E-state index in [0.717, 1.165) is 5.56 Å². The van der Waals surface area contributed by atoms with E-state index in [1.165, 1.54) is 13.1 Å². The molecule has 5 nitrogen and oxygen atoms in total. The van der Waals surface area contributed by atoms with Crippen LogP contribution in [0.3, 0.4) is 0 Å². The van der Waals surface area contributed by atoms with Crippen molar-refractivity contribution in [3.63, 3.8) is 0 Å². The van der Waals surface area contributed by atoms with Crippen LogP contribution < -0.4 is 10.5 Å². The zero-order valence-electron chi connectivity index (χ0n) is 8.97. The Labute approximate surface area is 100 Å². The van der Waals surface area contributed by atoms with Crippen molar-refractivity contribution in [2.45, 2.75) is 19.1 Å². The summed E-state index contributed by atoms with van der Waals surface area (Å²) in [5, 5.41) is -0.914. The van der Waals surface area contributed by atoms with Gasteiger partial charge in [0.15, 0.2) is 0 Å². The van der Waals surface area contributed by atoms with Crippen molar-refractivity contribution < 1.29 is 8.42 Å². The highest BCUT2D eigenvalue weighted by Gasteiger charge is 2.23. The Bertz CT molecular complexity index is 499. The van der Waals surface area contributed by atoms with Crippen molar-refractivity contribution in [1.29, 1.82) is 0 Å². The Hall–Kier alpha value is -1.21. The molecule has 1 aromatic rings. The van der Waals surface area contributed by atoms with E-state index in [1.807, 2.05) is 6.92 Å². The summed E-state index contributed by atoms with van der Waals surface area (Å²) in [6.45, 7) is 3.26. The maximum absolute atomic E-state index is 11.7. The number of hydrogen-bond donors (Lipinski definition) is 2. The average molecular weight is 259 g/mol. The van der Waals surface area contributed by atoms with Gasteiger partial charge in [0.25, 0.3) is 0 Å². The molecule has 3 N–H and O–H groups in total. The van der Waals surface area contributed by atoms with Crippen LogP contribution in [-0.4, -0.2) is 23.6 Å². The standard InChI is InChI=1S/C9H13N3O2S2/c1-6-3-8(5-11-4-6)12-16(13,14)7(2)9(10)15/h3-5,7,12H,1-2H3,(H2,10,15). The van der Waals surface area contributed by atoms with Gasteiger partial charge in [-0.15, -0.1) is 0 Å². The van der Waals surface area contributed by atoms with E-state index in [2.05, 4.69) is 21.9 Å². The van der Waals surface area contributed by atoms with Gasteiger partial charge in [-0.3, -0.25) is 9.71 Å². The largest absolute Gasteiger partial charge is 0.392 e. The van der Waals surface area contributed by atoms with Crippen molar-refractivity contribution in [3.05, 3.63) is 24.0 Å². The van der Waals surface area contributed by atoms with Gasteiger partial charge in [-0.1, -0.05) is 12.2 Å². The first-order chi connectivity index (χ1) is 7.33. The minimum absolute atomic E-state index is 0.0619.